The third-order valence-electron chi connectivity index (χ3n) is 6.61. The molecular formula is C27H19ClN6O11S3. The van der Waals surface area contributed by atoms with Crippen LogP contribution in [0, 0.1) is 0 Å². The first-order chi connectivity index (χ1) is 22.6. The third-order valence-corrected chi connectivity index (χ3v) is 9.31. The number of phenols is 1. The van der Waals surface area contributed by atoms with Crippen molar-refractivity contribution in [1.82, 2.24) is 0 Å². The summed E-state index contributed by atoms with van der Waals surface area (Å²) in [5.41, 5.74) is 10.8. The van der Waals surface area contributed by atoms with Crippen molar-refractivity contribution in [3.8, 4) is 5.75 Å². The number of benzene rings is 5. The molecule has 1 amide bonds. The molecule has 5 aromatic carbocycles. The average molecular weight is 735 g/mol. The van der Waals surface area contributed by atoms with Crippen molar-refractivity contribution in [3.63, 3.8) is 0 Å². The molecule has 0 fully saturated rings. The van der Waals surface area contributed by atoms with Crippen LogP contribution in [0.2, 0.25) is 5.02 Å². The van der Waals surface area contributed by atoms with Crippen LogP contribution in [0.15, 0.2) is 102 Å². The third kappa shape index (κ3) is 7.21. The second-order valence-corrected chi connectivity index (χ2v) is 13.6. The van der Waals surface area contributed by atoms with Gasteiger partial charge in [-0.2, -0.15) is 16.8 Å². The lowest BCUT2D eigenvalue weighted by Crippen LogP contribution is -2.10. The molecule has 0 unspecified atom stereocenters. The van der Waals surface area contributed by atoms with Crippen molar-refractivity contribution in [2.24, 2.45) is 26.2 Å². The molecule has 0 aliphatic rings. The van der Waals surface area contributed by atoms with E-state index in [1.807, 2.05) is 0 Å². The maximum absolute atomic E-state index is 12.0. The topological polar surface area (TPSA) is 286 Å². The summed E-state index contributed by atoms with van der Waals surface area (Å²) < 4.78 is 71.2. The van der Waals surface area contributed by atoms with Gasteiger partial charge in [-0.3, -0.25) is 13.9 Å². The molecule has 48 heavy (non-hydrogen) atoms. The van der Waals surface area contributed by atoms with Crippen LogP contribution in [0.5, 0.6) is 5.75 Å². The van der Waals surface area contributed by atoms with Gasteiger partial charge in [0.1, 0.15) is 16.3 Å². The van der Waals surface area contributed by atoms with Gasteiger partial charge in [0.25, 0.3) is 20.2 Å². The Morgan fingerprint density at radius 1 is 0.792 bits per heavy atom. The average Bonchev–Trinajstić information content (AvgIpc) is 3.02. The van der Waals surface area contributed by atoms with Gasteiger partial charge in [0.15, 0.2) is 5.75 Å². The Morgan fingerprint density at radius 3 is 2.10 bits per heavy atom. The van der Waals surface area contributed by atoms with Gasteiger partial charge in [0.2, 0.25) is 5.91 Å². The molecule has 21 heteroatoms. The van der Waals surface area contributed by atoms with Crippen LogP contribution in [0.4, 0.5) is 28.4 Å². The molecule has 0 spiro atoms. The Morgan fingerprint density at radius 2 is 1.46 bits per heavy atom. The molecule has 0 radical (unpaired) electrons. The largest absolute Gasteiger partial charge is 0.505 e. The molecule has 0 aliphatic heterocycles. The minimum atomic E-state index is -4.74. The van der Waals surface area contributed by atoms with E-state index in [0.29, 0.717) is 12.0 Å². The molecule has 0 saturated carbocycles. The van der Waals surface area contributed by atoms with Gasteiger partial charge in [0, 0.05) is 21.7 Å². The number of azo groups is 2. The minimum absolute atomic E-state index is 0.000725. The number of aromatic hydroxyl groups is 1. The van der Waals surface area contributed by atoms with E-state index in [9.17, 15) is 35.8 Å². The lowest BCUT2D eigenvalue weighted by Gasteiger charge is -2.11. The summed E-state index contributed by atoms with van der Waals surface area (Å²) in [6, 6.07) is 13.8. The zero-order valence-electron chi connectivity index (χ0n) is 23.5. The Labute approximate surface area is 279 Å². The first kappa shape index (κ1) is 34.6. The number of fused-ring (bicyclic) bond motifs is 2. The fourth-order valence-electron chi connectivity index (χ4n) is 4.41. The SMILES string of the molecule is NC(=O)c1ccc(Cl)c(N=Nc2ccc(N=Nc3c(SOOO)cc4cc(S(=O)(=O)O)c(N)cc4c3O)c3cc(S(=O)(=O)O)ccc23)c1. The highest BCUT2D eigenvalue weighted by molar-refractivity contribution is 7.94. The Balaban J connectivity index is 1.67. The van der Waals surface area contributed by atoms with E-state index in [-0.39, 0.29) is 59.8 Å². The molecule has 8 N–H and O–H groups in total. The first-order valence-corrected chi connectivity index (χ1v) is 16.8. The van der Waals surface area contributed by atoms with Crippen LogP contribution in [0.25, 0.3) is 21.5 Å². The number of hydrogen-bond acceptors (Lipinski definition) is 15. The van der Waals surface area contributed by atoms with Crippen molar-refractivity contribution >= 4 is 99.8 Å². The Bertz CT molecular complexity index is 2420. The maximum Gasteiger partial charge on any atom is 0.296 e. The number of hydrogen-bond donors (Lipinski definition) is 6. The van der Waals surface area contributed by atoms with Crippen molar-refractivity contribution in [2.75, 3.05) is 5.73 Å². The second-order valence-electron chi connectivity index (χ2n) is 9.60. The molecule has 17 nitrogen and oxygen atoms in total. The fourth-order valence-corrected chi connectivity index (χ4v) is 6.20. The summed E-state index contributed by atoms with van der Waals surface area (Å²) in [5, 5.41) is 40.5. The quantitative estimate of drug-likeness (QED) is 0.0215. The molecule has 0 aliphatic carbocycles. The Kier molecular flexibility index (Phi) is 9.64. The number of anilines is 1. The zero-order chi connectivity index (χ0) is 35.0. The van der Waals surface area contributed by atoms with Crippen LogP contribution >= 0.6 is 23.6 Å². The highest BCUT2D eigenvalue weighted by Gasteiger charge is 2.21. The van der Waals surface area contributed by atoms with Crippen molar-refractivity contribution in [2.45, 2.75) is 14.7 Å². The summed E-state index contributed by atoms with van der Waals surface area (Å²) in [6.07, 6.45) is 0. The number of carbonyl (C=O) groups excluding carboxylic acids is 1. The standard InChI is InChI=1S/C27H19ClN6O11S3/c28-18-4-1-12(27(30)36)7-22(18)33-31-20-5-6-21(17-10-14(47(38,39)40)2-3-15(17)20)32-34-25-23(46-45-44-37)8-13-9-24(48(41,42)43)19(29)11-16(13)26(25)35/h1-11,35,37H,29H2,(H2,30,36)(H,38,39,40)(H,41,42,43). The van der Waals surface area contributed by atoms with Gasteiger partial charge in [-0.05, 0) is 66.0 Å². The zero-order valence-corrected chi connectivity index (χ0v) is 26.7. The highest BCUT2D eigenvalue weighted by Crippen LogP contribution is 2.46. The van der Waals surface area contributed by atoms with E-state index >= 15 is 0 Å². The number of nitrogens with two attached hydrogens (primary N) is 2. The van der Waals surface area contributed by atoms with Crippen LogP contribution in [0.3, 0.4) is 0 Å². The van der Waals surface area contributed by atoms with E-state index in [0.717, 1.165) is 24.3 Å². The van der Waals surface area contributed by atoms with Gasteiger partial charge in [0.05, 0.1) is 43.9 Å². The normalized spacial score (nSPS) is 12.5. The number of nitrogen functional groups attached to an aromatic ring is 1. The number of carbonyl (C=O) groups is 1. The second kappa shape index (κ2) is 13.4. The number of phenolic OH excluding ortho intramolecular Hbond substituents is 1. The summed E-state index contributed by atoms with van der Waals surface area (Å²) in [6.45, 7) is 0. The number of rotatable bonds is 10. The molecule has 5 rings (SSSR count). The van der Waals surface area contributed by atoms with Crippen LogP contribution in [-0.4, -0.2) is 42.2 Å². The monoisotopic (exact) mass is 734 g/mol. The summed E-state index contributed by atoms with van der Waals surface area (Å²) in [5.74, 6) is -1.31. The number of amides is 1. The van der Waals surface area contributed by atoms with Crippen molar-refractivity contribution in [1.29, 1.82) is 0 Å². The number of primary amides is 1. The molecule has 0 bridgehead atoms. The minimum Gasteiger partial charge on any atom is -0.505 e. The summed E-state index contributed by atoms with van der Waals surface area (Å²) in [7, 11) is -9.43. The van der Waals surface area contributed by atoms with E-state index in [1.54, 1.807) is 0 Å². The van der Waals surface area contributed by atoms with E-state index in [1.165, 1.54) is 42.5 Å². The van der Waals surface area contributed by atoms with Crippen LogP contribution in [-0.2, 0) is 29.6 Å². The van der Waals surface area contributed by atoms with Gasteiger partial charge in [-0.15, -0.1) is 24.8 Å². The molecule has 0 saturated heterocycles. The van der Waals surface area contributed by atoms with Crippen molar-refractivity contribution < 1.29 is 50.5 Å². The lowest BCUT2D eigenvalue weighted by molar-refractivity contribution is -0.432. The predicted octanol–water partition coefficient (Wildman–Crippen LogP) is 6.79. The molecule has 5 aromatic rings. The molecule has 0 atom stereocenters. The van der Waals surface area contributed by atoms with Crippen LogP contribution in [0.1, 0.15) is 10.4 Å². The Hall–Kier alpha value is -4.77. The predicted molar refractivity (Wildman–Crippen MR) is 173 cm³/mol. The van der Waals surface area contributed by atoms with Gasteiger partial charge in [-0.1, -0.05) is 22.7 Å². The fraction of sp³-hybridized carbons (Fsp3) is 0. The van der Waals surface area contributed by atoms with Gasteiger partial charge >= 0.3 is 0 Å². The molecule has 248 valence electrons. The summed E-state index contributed by atoms with van der Waals surface area (Å²) >= 11 is 6.53. The van der Waals surface area contributed by atoms with Gasteiger partial charge < -0.3 is 16.6 Å². The molecule has 0 heterocycles. The number of halogens is 1. The van der Waals surface area contributed by atoms with Gasteiger partial charge in [-0.25, -0.2) is 5.26 Å². The van der Waals surface area contributed by atoms with E-state index in [2.05, 4.69) is 29.8 Å². The highest BCUT2D eigenvalue weighted by atomic mass is 35.5. The molecular weight excluding hydrogens is 716 g/mol. The lowest BCUT2D eigenvalue weighted by atomic mass is 10.1. The smallest absolute Gasteiger partial charge is 0.296 e. The van der Waals surface area contributed by atoms with E-state index in [4.69, 9.17) is 28.3 Å². The van der Waals surface area contributed by atoms with Crippen molar-refractivity contribution in [3.05, 3.63) is 77.3 Å². The summed E-state index contributed by atoms with van der Waals surface area (Å²) in [4.78, 5) is 10.4. The first-order valence-electron chi connectivity index (χ1n) is 12.8. The van der Waals surface area contributed by atoms with Crippen LogP contribution < -0.4 is 11.5 Å². The number of nitrogens with zero attached hydrogens (tertiary/aromatic N) is 4. The van der Waals surface area contributed by atoms with E-state index < -0.39 is 47.4 Å². The maximum atomic E-state index is 12.0. The molecule has 0 aromatic heterocycles.